The molecule has 0 aliphatic carbocycles. The maximum absolute atomic E-state index is 13.8. The summed E-state index contributed by atoms with van der Waals surface area (Å²) in [7, 11) is 7.37. The Bertz CT molecular complexity index is 1850. The molecular formula is C28H29N5O4S. The molecule has 0 spiro atoms. The fourth-order valence-electron chi connectivity index (χ4n) is 4.83. The van der Waals surface area contributed by atoms with Crippen molar-refractivity contribution in [2.75, 3.05) is 25.6 Å². The molecule has 4 aromatic rings. The van der Waals surface area contributed by atoms with Crippen molar-refractivity contribution < 1.29 is 9.53 Å². The Balaban J connectivity index is 1.70. The van der Waals surface area contributed by atoms with Gasteiger partial charge >= 0.3 is 11.7 Å². The number of imidazole rings is 1. The first kappa shape index (κ1) is 25.5. The number of rotatable bonds is 5. The van der Waals surface area contributed by atoms with Crippen LogP contribution >= 0.6 is 11.3 Å². The third kappa shape index (κ3) is 4.10. The van der Waals surface area contributed by atoms with Gasteiger partial charge in [0.25, 0.3) is 5.56 Å². The van der Waals surface area contributed by atoms with Crippen molar-refractivity contribution >= 4 is 40.1 Å². The predicted molar refractivity (Wildman–Crippen MR) is 149 cm³/mol. The van der Waals surface area contributed by atoms with Crippen molar-refractivity contribution in [3.63, 3.8) is 0 Å². The van der Waals surface area contributed by atoms with Gasteiger partial charge in [0.1, 0.15) is 0 Å². The molecule has 2 aromatic heterocycles. The van der Waals surface area contributed by atoms with Gasteiger partial charge in [-0.25, -0.2) is 14.6 Å². The van der Waals surface area contributed by atoms with Crippen LogP contribution in [0, 0.1) is 0 Å². The third-order valence-electron chi connectivity index (χ3n) is 6.84. The van der Waals surface area contributed by atoms with Crippen molar-refractivity contribution in [2.45, 2.75) is 19.9 Å². The summed E-state index contributed by atoms with van der Waals surface area (Å²) >= 11 is 1.27. The van der Waals surface area contributed by atoms with Gasteiger partial charge < -0.3 is 9.64 Å². The molecule has 1 aliphatic rings. The number of anilines is 1. The largest absolute Gasteiger partial charge is 0.463 e. The van der Waals surface area contributed by atoms with E-state index in [1.165, 1.54) is 11.3 Å². The van der Waals surface area contributed by atoms with E-state index in [9.17, 15) is 14.4 Å². The molecule has 0 fully saturated rings. The van der Waals surface area contributed by atoms with Crippen LogP contribution in [0.1, 0.15) is 31.0 Å². The normalized spacial score (nSPS) is 15.5. The summed E-state index contributed by atoms with van der Waals surface area (Å²) in [4.78, 5) is 46.4. The Hall–Kier alpha value is -4.18. The van der Waals surface area contributed by atoms with Crippen molar-refractivity contribution in [3.05, 3.63) is 95.0 Å². The molecule has 0 radical (unpaired) electrons. The van der Waals surface area contributed by atoms with E-state index in [4.69, 9.17) is 4.74 Å². The number of thiazole rings is 1. The number of esters is 1. The summed E-state index contributed by atoms with van der Waals surface area (Å²) < 4.78 is 10.6. The number of nitrogens with zero attached hydrogens (tertiary/aromatic N) is 5. The molecular weight excluding hydrogens is 502 g/mol. The lowest BCUT2D eigenvalue weighted by molar-refractivity contribution is -0.139. The Labute approximate surface area is 222 Å². The molecule has 0 N–H and O–H groups in total. The Morgan fingerprint density at radius 3 is 2.42 bits per heavy atom. The average Bonchev–Trinajstić information content (AvgIpc) is 3.31. The van der Waals surface area contributed by atoms with Gasteiger partial charge in [-0.15, -0.1) is 0 Å². The molecule has 0 saturated carbocycles. The highest BCUT2D eigenvalue weighted by Crippen LogP contribution is 2.31. The van der Waals surface area contributed by atoms with E-state index >= 15 is 0 Å². The number of carbonyl (C=O) groups is 1. The van der Waals surface area contributed by atoms with E-state index in [-0.39, 0.29) is 17.9 Å². The van der Waals surface area contributed by atoms with E-state index in [1.54, 1.807) is 47.7 Å². The highest BCUT2D eigenvalue weighted by molar-refractivity contribution is 7.07. The van der Waals surface area contributed by atoms with Crippen LogP contribution in [0.25, 0.3) is 17.1 Å². The molecule has 10 heteroatoms. The Morgan fingerprint density at radius 1 is 1.08 bits per heavy atom. The molecule has 0 bridgehead atoms. The smallest absolute Gasteiger partial charge is 0.338 e. The number of fused-ring (bicyclic) bond motifs is 2. The van der Waals surface area contributed by atoms with Crippen molar-refractivity contribution in [3.8, 4) is 0 Å². The zero-order valence-corrected chi connectivity index (χ0v) is 23.0. The van der Waals surface area contributed by atoms with E-state index < -0.39 is 12.0 Å². The lowest BCUT2D eigenvalue weighted by Gasteiger charge is -2.25. The lowest BCUT2D eigenvalue weighted by Crippen LogP contribution is -2.39. The average molecular weight is 532 g/mol. The van der Waals surface area contributed by atoms with Gasteiger partial charge in [0.2, 0.25) is 0 Å². The Kier molecular flexibility index (Phi) is 6.44. The SMILES string of the molecule is CCOC(=O)C1=C(C)N=c2s/c(=C\c3ccc4c(c3)n(C)c(=O)n4C)c(=O)n2[C@@H]1c1ccc(N(C)C)cc1. The van der Waals surface area contributed by atoms with E-state index in [0.29, 0.717) is 20.6 Å². The van der Waals surface area contributed by atoms with Gasteiger partial charge in [-0.3, -0.25) is 18.5 Å². The maximum atomic E-state index is 13.8. The summed E-state index contributed by atoms with van der Waals surface area (Å²) in [5, 5.41) is 0. The maximum Gasteiger partial charge on any atom is 0.338 e. The number of hydrogen-bond donors (Lipinski definition) is 0. The zero-order valence-electron chi connectivity index (χ0n) is 22.2. The van der Waals surface area contributed by atoms with E-state index in [0.717, 1.165) is 27.8 Å². The number of aromatic nitrogens is 3. The van der Waals surface area contributed by atoms with Crippen LogP contribution in [0.2, 0.25) is 0 Å². The second kappa shape index (κ2) is 9.60. The first-order valence-corrected chi connectivity index (χ1v) is 13.1. The van der Waals surface area contributed by atoms with Crippen molar-refractivity contribution in [2.24, 2.45) is 19.1 Å². The first-order valence-electron chi connectivity index (χ1n) is 12.2. The van der Waals surface area contributed by atoms with Gasteiger partial charge in [0.05, 0.1) is 39.5 Å². The number of hydrogen-bond acceptors (Lipinski definition) is 7. The molecule has 5 rings (SSSR count). The predicted octanol–water partition coefficient (Wildman–Crippen LogP) is 2.05. The number of ether oxygens (including phenoxy) is 1. The highest BCUT2D eigenvalue weighted by atomic mass is 32.1. The number of carbonyl (C=O) groups excluding carboxylic acids is 1. The van der Waals surface area contributed by atoms with Crippen LogP contribution in [0.3, 0.4) is 0 Å². The van der Waals surface area contributed by atoms with Crippen LogP contribution in [0.4, 0.5) is 5.69 Å². The van der Waals surface area contributed by atoms with Crippen LogP contribution in [-0.4, -0.2) is 40.4 Å². The molecule has 0 unspecified atom stereocenters. The Morgan fingerprint density at radius 2 is 1.76 bits per heavy atom. The monoisotopic (exact) mass is 531 g/mol. The lowest BCUT2D eigenvalue weighted by atomic mass is 9.95. The quantitative estimate of drug-likeness (QED) is 0.368. The summed E-state index contributed by atoms with van der Waals surface area (Å²) in [6.45, 7) is 3.74. The van der Waals surface area contributed by atoms with Gasteiger partial charge in [0.15, 0.2) is 4.80 Å². The number of allylic oxidation sites excluding steroid dienone is 1. The van der Waals surface area contributed by atoms with Crippen molar-refractivity contribution in [1.29, 1.82) is 0 Å². The minimum Gasteiger partial charge on any atom is -0.463 e. The van der Waals surface area contributed by atoms with Crippen molar-refractivity contribution in [1.82, 2.24) is 13.7 Å². The van der Waals surface area contributed by atoms with Crippen LogP contribution in [0.15, 0.2) is 68.3 Å². The van der Waals surface area contributed by atoms with E-state index in [1.807, 2.05) is 61.5 Å². The van der Waals surface area contributed by atoms with Gasteiger partial charge in [-0.2, -0.15) is 0 Å². The third-order valence-corrected chi connectivity index (χ3v) is 7.82. The molecule has 0 saturated heterocycles. The second-order valence-corrected chi connectivity index (χ2v) is 10.4. The fourth-order valence-corrected chi connectivity index (χ4v) is 5.87. The molecule has 196 valence electrons. The van der Waals surface area contributed by atoms with Gasteiger partial charge in [0, 0.05) is 33.9 Å². The van der Waals surface area contributed by atoms with Crippen LogP contribution in [0.5, 0.6) is 0 Å². The molecule has 3 heterocycles. The molecule has 9 nitrogen and oxygen atoms in total. The standard InChI is InChI=1S/C28H29N5O4S/c1-7-37-26(35)23-16(2)29-27-33(24(23)18-9-11-19(12-10-18)30(3)4)25(34)22(38-27)15-17-8-13-20-21(14-17)32(6)28(36)31(20)5/h8-15,24H,7H2,1-6H3/b22-15-/t24-/m1/s1. The summed E-state index contributed by atoms with van der Waals surface area (Å²) in [5.41, 5.74) is 4.70. The molecule has 38 heavy (non-hydrogen) atoms. The molecule has 1 aliphatic heterocycles. The van der Waals surface area contributed by atoms with Gasteiger partial charge in [-0.05, 0) is 55.3 Å². The summed E-state index contributed by atoms with van der Waals surface area (Å²) in [6.07, 6.45) is 1.80. The van der Waals surface area contributed by atoms with Crippen LogP contribution in [-0.2, 0) is 23.6 Å². The van der Waals surface area contributed by atoms with E-state index in [2.05, 4.69) is 4.99 Å². The topological polar surface area (TPSA) is 90.8 Å². The minimum absolute atomic E-state index is 0.112. The molecule has 1 atom stereocenters. The van der Waals surface area contributed by atoms with Gasteiger partial charge in [-0.1, -0.05) is 29.5 Å². The summed E-state index contributed by atoms with van der Waals surface area (Å²) in [5.74, 6) is -0.486. The highest BCUT2D eigenvalue weighted by Gasteiger charge is 2.33. The minimum atomic E-state index is -0.666. The first-order chi connectivity index (χ1) is 18.1. The number of benzene rings is 2. The second-order valence-electron chi connectivity index (χ2n) is 9.44. The molecule has 2 aromatic carbocycles. The molecule has 0 amide bonds. The fraction of sp³-hybridized carbons (Fsp3) is 0.286. The zero-order chi connectivity index (χ0) is 27.3. The number of aryl methyl sites for hydroxylation is 2. The summed E-state index contributed by atoms with van der Waals surface area (Å²) in [6, 6.07) is 12.8. The van der Waals surface area contributed by atoms with Crippen LogP contribution < -0.4 is 25.5 Å².